The van der Waals surface area contributed by atoms with E-state index in [4.69, 9.17) is 14.6 Å². The first-order valence-electron chi connectivity index (χ1n) is 8.92. The van der Waals surface area contributed by atoms with E-state index in [9.17, 15) is 9.59 Å². The van der Waals surface area contributed by atoms with Gasteiger partial charge < -0.3 is 19.9 Å². The molecule has 0 bridgehead atoms. The molecule has 1 fully saturated rings. The van der Waals surface area contributed by atoms with E-state index in [0.717, 1.165) is 16.8 Å². The maximum absolute atomic E-state index is 12.3. The highest BCUT2D eigenvalue weighted by Crippen LogP contribution is 2.32. The Morgan fingerprint density at radius 1 is 1.17 bits per heavy atom. The van der Waals surface area contributed by atoms with Crippen molar-refractivity contribution in [3.8, 4) is 11.5 Å². The Labute approximate surface area is 172 Å². The van der Waals surface area contributed by atoms with Crippen LogP contribution in [-0.4, -0.2) is 35.4 Å². The second kappa shape index (κ2) is 9.29. The first kappa shape index (κ1) is 20.5. The van der Waals surface area contributed by atoms with Gasteiger partial charge in [-0.05, 0) is 61.5 Å². The van der Waals surface area contributed by atoms with Crippen molar-refractivity contribution in [1.82, 2.24) is 5.32 Å². The molecule has 0 radical (unpaired) electrons. The van der Waals surface area contributed by atoms with Gasteiger partial charge >= 0.3 is 5.97 Å². The number of benzene rings is 2. The summed E-state index contributed by atoms with van der Waals surface area (Å²) in [6.07, 6.45) is 1.72. The Hall–Kier alpha value is -3.26. The number of ether oxygens (including phenoxy) is 2. The minimum atomic E-state index is -1.07. The minimum Gasteiger partial charge on any atom is -0.490 e. The number of carbonyl (C=O) groups excluding carboxylic acids is 1. The van der Waals surface area contributed by atoms with Crippen LogP contribution in [0.5, 0.6) is 11.5 Å². The number of carboxylic acids is 1. The predicted molar refractivity (Wildman–Crippen MR) is 113 cm³/mol. The van der Waals surface area contributed by atoms with Gasteiger partial charge in [0.2, 0.25) is 0 Å². The number of nitrogens with one attached hydrogen (secondary N) is 1. The van der Waals surface area contributed by atoms with Gasteiger partial charge in [0.05, 0.1) is 17.2 Å². The number of aliphatic carboxylic acids is 1. The second-order valence-corrected chi connectivity index (χ2v) is 7.17. The highest BCUT2D eigenvalue weighted by atomic mass is 32.2. The van der Waals surface area contributed by atoms with E-state index in [0.29, 0.717) is 28.2 Å². The SMILES string of the molecule is CCOc1cc(C=C2SC(=Nc3ccc(C)cc3)NC2=O)ccc1OCC(=O)O. The third kappa shape index (κ3) is 5.61. The normalized spacial score (nSPS) is 16.1. The summed E-state index contributed by atoms with van der Waals surface area (Å²) in [6, 6.07) is 12.8. The molecule has 2 aromatic rings. The fraction of sp³-hybridized carbons (Fsp3) is 0.190. The molecule has 1 amide bonds. The van der Waals surface area contributed by atoms with Crippen LogP contribution in [-0.2, 0) is 9.59 Å². The quantitative estimate of drug-likeness (QED) is 0.673. The number of nitrogens with zero attached hydrogens (tertiary/aromatic N) is 1. The van der Waals surface area contributed by atoms with Crippen LogP contribution in [0.4, 0.5) is 5.69 Å². The molecule has 0 unspecified atom stereocenters. The molecule has 0 aliphatic carbocycles. The summed E-state index contributed by atoms with van der Waals surface area (Å²) in [5.74, 6) is -0.551. The molecule has 1 aliphatic heterocycles. The lowest BCUT2D eigenvalue weighted by Gasteiger charge is -2.11. The van der Waals surface area contributed by atoms with Gasteiger partial charge in [0.15, 0.2) is 23.3 Å². The van der Waals surface area contributed by atoms with Crippen molar-refractivity contribution in [1.29, 1.82) is 0 Å². The number of amidine groups is 1. The highest BCUT2D eigenvalue weighted by molar-refractivity contribution is 8.18. The zero-order chi connectivity index (χ0) is 20.8. The summed E-state index contributed by atoms with van der Waals surface area (Å²) < 4.78 is 10.8. The first-order chi connectivity index (χ1) is 13.9. The molecule has 1 saturated heterocycles. The lowest BCUT2D eigenvalue weighted by molar-refractivity contribution is -0.139. The number of carboxylic acid groups (broad SMARTS) is 1. The van der Waals surface area contributed by atoms with Gasteiger partial charge in [-0.2, -0.15) is 0 Å². The number of hydrogen-bond acceptors (Lipinski definition) is 6. The summed E-state index contributed by atoms with van der Waals surface area (Å²) in [4.78, 5) is 28.0. The van der Waals surface area contributed by atoms with Gasteiger partial charge in [-0.3, -0.25) is 4.79 Å². The Bertz CT molecular complexity index is 983. The smallest absolute Gasteiger partial charge is 0.341 e. The third-order valence-corrected chi connectivity index (χ3v) is 4.74. The lowest BCUT2D eigenvalue weighted by atomic mass is 10.2. The van der Waals surface area contributed by atoms with Crippen LogP contribution in [0.15, 0.2) is 52.4 Å². The fourth-order valence-corrected chi connectivity index (χ4v) is 3.35. The summed E-state index contributed by atoms with van der Waals surface area (Å²) in [7, 11) is 0. The zero-order valence-corrected chi connectivity index (χ0v) is 16.8. The summed E-state index contributed by atoms with van der Waals surface area (Å²) in [6.45, 7) is 3.75. The molecular formula is C21H20N2O5S. The van der Waals surface area contributed by atoms with Crippen LogP contribution in [0.1, 0.15) is 18.1 Å². The number of carbonyl (C=O) groups is 2. The number of rotatable bonds is 7. The molecule has 8 heteroatoms. The Kier molecular flexibility index (Phi) is 6.56. The van der Waals surface area contributed by atoms with E-state index >= 15 is 0 Å². The highest BCUT2D eigenvalue weighted by Gasteiger charge is 2.24. The van der Waals surface area contributed by atoms with Crippen molar-refractivity contribution in [2.75, 3.05) is 13.2 Å². The molecule has 29 heavy (non-hydrogen) atoms. The molecule has 0 aromatic heterocycles. The molecule has 7 nitrogen and oxygen atoms in total. The van der Waals surface area contributed by atoms with Crippen molar-refractivity contribution < 1.29 is 24.2 Å². The average Bonchev–Trinajstić information content (AvgIpc) is 3.02. The topological polar surface area (TPSA) is 97.2 Å². The molecule has 1 aliphatic rings. The zero-order valence-electron chi connectivity index (χ0n) is 16.0. The first-order valence-corrected chi connectivity index (χ1v) is 9.74. The van der Waals surface area contributed by atoms with Gasteiger partial charge in [-0.1, -0.05) is 23.8 Å². The van der Waals surface area contributed by atoms with Crippen LogP contribution < -0.4 is 14.8 Å². The molecule has 150 valence electrons. The largest absolute Gasteiger partial charge is 0.490 e. The van der Waals surface area contributed by atoms with E-state index in [1.807, 2.05) is 38.1 Å². The van der Waals surface area contributed by atoms with Crippen molar-refractivity contribution in [3.05, 3.63) is 58.5 Å². The predicted octanol–water partition coefficient (Wildman–Crippen LogP) is 3.75. The number of thioether (sulfide) groups is 1. The van der Waals surface area contributed by atoms with Gasteiger partial charge in [0, 0.05) is 0 Å². The van der Waals surface area contributed by atoms with Gasteiger partial charge in [-0.15, -0.1) is 0 Å². The van der Waals surface area contributed by atoms with Crippen LogP contribution in [0.2, 0.25) is 0 Å². The van der Waals surface area contributed by atoms with Gasteiger partial charge in [-0.25, -0.2) is 9.79 Å². The monoisotopic (exact) mass is 412 g/mol. The summed E-state index contributed by atoms with van der Waals surface area (Å²) in [5, 5.41) is 12.0. The molecule has 1 heterocycles. The number of amides is 1. The molecule has 0 saturated carbocycles. The van der Waals surface area contributed by atoms with Crippen molar-refractivity contribution >= 4 is 40.6 Å². The van der Waals surface area contributed by atoms with Crippen LogP contribution in [0.3, 0.4) is 0 Å². The number of hydrogen-bond donors (Lipinski definition) is 2. The summed E-state index contributed by atoms with van der Waals surface area (Å²) >= 11 is 1.25. The fourth-order valence-electron chi connectivity index (χ4n) is 2.51. The van der Waals surface area contributed by atoms with E-state index in [1.165, 1.54) is 11.8 Å². The Balaban J connectivity index is 1.79. The van der Waals surface area contributed by atoms with Crippen molar-refractivity contribution in [2.24, 2.45) is 4.99 Å². The molecule has 0 spiro atoms. The molecule has 2 N–H and O–H groups in total. The van der Waals surface area contributed by atoms with Crippen LogP contribution >= 0.6 is 11.8 Å². The number of aliphatic imine (C=N–C) groups is 1. The minimum absolute atomic E-state index is 0.231. The molecule has 3 rings (SSSR count). The molecule has 2 aromatic carbocycles. The van der Waals surface area contributed by atoms with Gasteiger partial charge in [0.25, 0.3) is 5.91 Å². The van der Waals surface area contributed by atoms with E-state index in [-0.39, 0.29) is 5.91 Å². The van der Waals surface area contributed by atoms with Crippen molar-refractivity contribution in [2.45, 2.75) is 13.8 Å². The maximum atomic E-state index is 12.3. The van der Waals surface area contributed by atoms with Gasteiger partial charge in [0.1, 0.15) is 0 Å². The second-order valence-electron chi connectivity index (χ2n) is 6.14. The maximum Gasteiger partial charge on any atom is 0.341 e. The van der Waals surface area contributed by atoms with E-state index < -0.39 is 12.6 Å². The van der Waals surface area contributed by atoms with E-state index in [2.05, 4.69) is 10.3 Å². The summed E-state index contributed by atoms with van der Waals surface area (Å²) in [5.41, 5.74) is 2.63. The average molecular weight is 412 g/mol. The third-order valence-electron chi connectivity index (χ3n) is 3.83. The Morgan fingerprint density at radius 2 is 1.93 bits per heavy atom. The van der Waals surface area contributed by atoms with Crippen molar-refractivity contribution in [3.63, 3.8) is 0 Å². The molecule has 0 atom stereocenters. The van der Waals surface area contributed by atoms with Crippen LogP contribution in [0.25, 0.3) is 6.08 Å². The standard InChI is InChI=1S/C21H20N2O5S/c1-3-27-17-10-14(6-9-16(17)28-12-19(24)25)11-18-20(26)23-21(29-18)22-15-7-4-13(2)5-8-15/h4-11H,3,12H2,1-2H3,(H,24,25)(H,22,23,26). The Morgan fingerprint density at radius 3 is 2.62 bits per heavy atom. The molecular weight excluding hydrogens is 392 g/mol. The van der Waals surface area contributed by atoms with E-state index in [1.54, 1.807) is 24.3 Å². The lowest BCUT2D eigenvalue weighted by Crippen LogP contribution is -2.19. The van der Waals surface area contributed by atoms with Crippen LogP contribution in [0, 0.1) is 6.92 Å². The number of aryl methyl sites for hydroxylation is 1.